The minimum Gasteiger partial charge on any atom is -0.462 e. The Hall–Kier alpha value is -1.89. The van der Waals surface area contributed by atoms with Crippen LogP contribution >= 0.6 is 22.6 Å². The molecule has 1 amide bonds. The number of nitrogens with one attached hydrogen (secondary N) is 1. The number of hydrogen-bond acceptors (Lipinski definition) is 3. The first kappa shape index (κ1) is 15.5. The summed E-state index contributed by atoms with van der Waals surface area (Å²) in [6.45, 7) is 2.03. The number of carbonyl (C=O) groups excluding carboxylic acids is 2. The summed E-state index contributed by atoms with van der Waals surface area (Å²) in [5.74, 6) is -0.707. The van der Waals surface area contributed by atoms with E-state index in [0.29, 0.717) is 16.8 Å². The maximum atomic E-state index is 12.2. The highest BCUT2D eigenvalue weighted by molar-refractivity contribution is 14.1. The van der Waals surface area contributed by atoms with E-state index in [0.717, 1.165) is 3.57 Å². The van der Waals surface area contributed by atoms with Crippen LogP contribution in [0.1, 0.15) is 27.6 Å². The second kappa shape index (κ2) is 7.21. The van der Waals surface area contributed by atoms with Gasteiger partial charge in [-0.05, 0) is 59.8 Å². The third kappa shape index (κ3) is 4.04. The third-order valence-electron chi connectivity index (χ3n) is 2.76. The SMILES string of the molecule is CCOC(=O)c1ccccc1NC(=O)c1cccc(I)c1. The van der Waals surface area contributed by atoms with Crippen molar-refractivity contribution in [1.29, 1.82) is 0 Å². The van der Waals surface area contributed by atoms with Gasteiger partial charge in [0.25, 0.3) is 5.91 Å². The van der Waals surface area contributed by atoms with E-state index in [4.69, 9.17) is 4.74 Å². The van der Waals surface area contributed by atoms with Crippen molar-refractivity contribution in [2.75, 3.05) is 11.9 Å². The fraction of sp³-hybridized carbons (Fsp3) is 0.125. The van der Waals surface area contributed by atoms with Crippen LogP contribution in [0.3, 0.4) is 0 Å². The van der Waals surface area contributed by atoms with Crippen LogP contribution in [-0.4, -0.2) is 18.5 Å². The molecule has 4 nitrogen and oxygen atoms in total. The highest BCUT2D eigenvalue weighted by Crippen LogP contribution is 2.18. The average Bonchev–Trinajstić information content (AvgIpc) is 2.48. The second-order valence-corrected chi connectivity index (χ2v) is 5.48. The molecule has 2 aromatic rings. The minimum absolute atomic E-state index is 0.259. The van der Waals surface area contributed by atoms with Crippen LogP contribution in [0.5, 0.6) is 0 Å². The Morgan fingerprint density at radius 3 is 2.62 bits per heavy atom. The summed E-state index contributed by atoms with van der Waals surface area (Å²) in [4.78, 5) is 24.1. The van der Waals surface area contributed by atoms with E-state index in [-0.39, 0.29) is 12.5 Å². The Balaban J connectivity index is 2.23. The van der Waals surface area contributed by atoms with Gasteiger partial charge in [-0.1, -0.05) is 18.2 Å². The van der Waals surface area contributed by atoms with Gasteiger partial charge >= 0.3 is 5.97 Å². The van der Waals surface area contributed by atoms with Gasteiger partial charge in [-0.3, -0.25) is 4.79 Å². The van der Waals surface area contributed by atoms with E-state index in [1.807, 2.05) is 12.1 Å². The van der Waals surface area contributed by atoms with Crippen molar-refractivity contribution in [2.24, 2.45) is 0 Å². The van der Waals surface area contributed by atoms with Gasteiger partial charge in [-0.25, -0.2) is 4.79 Å². The molecule has 0 fully saturated rings. The first-order valence-corrected chi connectivity index (χ1v) is 7.52. The number of carbonyl (C=O) groups is 2. The van der Waals surface area contributed by atoms with Crippen molar-refractivity contribution in [3.63, 3.8) is 0 Å². The zero-order chi connectivity index (χ0) is 15.2. The van der Waals surface area contributed by atoms with Gasteiger partial charge in [-0.2, -0.15) is 0 Å². The van der Waals surface area contributed by atoms with Crippen LogP contribution < -0.4 is 5.32 Å². The van der Waals surface area contributed by atoms with Crippen LogP contribution in [0.25, 0.3) is 0 Å². The first-order chi connectivity index (χ1) is 10.1. The fourth-order valence-electron chi connectivity index (χ4n) is 1.80. The number of benzene rings is 2. The van der Waals surface area contributed by atoms with Gasteiger partial charge in [-0.15, -0.1) is 0 Å². The molecule has 0 aliphatic rings. The summed E-state index contributed by atoms with van der Waals surface area (Å²) in [6.07, 6.45) is 0. The van der Waals surface area contributed by atoms with E-state index in [1.54, 1.807) is 43.3 Å². The standard InChI is InChI=1S/C16H14INO3/c1-2-21-16(20)13-8-3-4-9-14(13)18-15(19)11-6-5-7-12(17)10-11/h3-10H,2H2,1H3,(H,18,19). The lowest BCUT2D eigenvalue weighted by Gasteiger charge is -2.10. The van der Waals surface area contributed by atoms with E-state index >= 15 is 0 Å². The Morgan fingerprint density at radius 2 is 1.90 bits per heavy atom. The minimum atomic E-state index is -0.448. The molecule has 0 saturated carbocycles. The Bertz CT molecular complexity index is 670. The highest BCUT2D eigenvalue weighted by atomic mass is 127. The van der Waals surface area contributed by atoms with Crippen LogP contribution in [0.15, 0.2) is 48.5 Å². The monoisotopic (exact) mass is 395 g/mol. The molecule has 0 heterocycles. The maximum Gasteiger partial charge on any atom is 0.340 e. The van der Waals surface area contributed by atoms with Gasteiger partial charge < -0.3 is 10.1 Å². The predicted molar refractivity (Wildman–Crippen MR) is 89.5 cm³/mol. The molecule has 0 unspecified atom stereocenters. The summed E-state index contributed by atoms with van der Waals surface area (Å²) < 4.78 is 5.95. The number of esters is 1. The number of halogens is 1. The summed E-state index contributed by atoms with van der Waals surface area (Å²) in [7, 11) is 0. The molecule has 0 atom stereocenters. The number of para-hydroxylation sites is 1. The third-order valence-corrected chi connectivity index (χ3v) is 3.43. The van der Waals surface area contributed by atoms with Crippen molar-refractivity contribution in [1.82, 2.24) is 0 Å². The van der Waals surface area contributed by atoms with Crippen molar-refractivity contribution in [3.8, 4) is 0 Å². The van der Waals surface area contributed by atoms with Gasteiger partial charge in [0.15, 0.2) is 0 Å². The zero-order valence-electron chi connectivity index (χ0n) is 11.4. The van der Waals surface area contributed by atoms with E-state index < -0.39 is 5.97 Å². The number of amides is 1. The summed E-state index contributed by atoms with van der Waals surface area (Å²) >= 11 is 2.14. The molecule has 0 spiro atoms. The molecule has 2 rings (SSSR count). The number of anilines is 1. The molecule has 5 heteroatoms. The molecule has 0 saturated heterocycles. The molecular formula is C16H14INO3. The molecule has 2 aromatic carbocycles. The molecule has 0 radical (unpaired) electrons. The van der Waals surface area contributed by atoms with Gasteiger partial charge in [0.1, 0.15) is 0 Å². The van der Waals surface area contributed by atoms with Crippen molar-refractivity contribution in [2.45, 2.75) is 6.92 Å². The normalized spacial score (nSPS) is 10.0. The quantitative estimate of drug-likeness (QED) is 0.634. The van der Waals surface area contributed by atoms with Crippen LogP contribution in [0.4, 0.5) is 5.69 Å². The highest BCUT2D eigenvalue weighted by Gasteiger charge is 2.14. The number of ether oxygens (including phenoxy) is 1. The predicted octanol–water partition coefficient (Wildman–Crippen LogP) is 3.72. The van der Waals surface area contributed by atoms with Crippen LogP contribution in [0, 0.1) is 3.57 Å². The Labute approximate surface area is 136 Å². The van der Waals surface area contributed by atoms with Gasteiger partial charge in [0.2, 0.25) is 0 Å². The summed E-state index contributed by atoms with van der Waals surface area (Å²) in [6, 6.07) is 14.0. The molecule has 21 heavy (non-hydrogen) atoms. The second-order valence-electron chi connectivity index (χ2n) is 4.23. The Kier molecular flexibility index (Phi) is 5.32. The molecular weight excluding hydrogens is 381 g/mol. The largest absolute Gasteiger partial charge is 0.462 e. The van der Waals surface area contributed by atoms with Crippen LogP contribution in [-0.2, 0) is 4.74 Å². The van der Waals surface area contributed by atoms with Crippen molar-refractivity contribution >= 4 is 40.2 Å². The van der Waals surface area contributed by atoms with E-state index in [9.17, 15) is 9.59 Å². The van der Waals surface area contributed by atoms with Gasteiger partial charge in [0, 0.05) is 9.13 Å². The summed E-state index contributed by atoms with van der Waals surface area (Å²) in [5, 5.41) is 2.75. The summed E-state index contributed by atoms with van der Waals surface area (Å²) in [5.41, 5.74) is 1.33. The molecule has 0 aliphatic heterocycles. The first-order valence-electron chi connectivity index (χ1n) is 6.45. The van der Waals surface area contributed by atoms with Crippen molar-refractivity contribution < 1.29 is 14.3 Å². The molecule has 0 bridgehead atoms. The number of hydrogen-bond donors (Lipinski definition) is 1. The lowest BCUT2D eigenvalue weighted by atomic mass is 10.1. The molecule has 0 aromatic heterocycles. The smallest absolute Gasteiger partial charge is 0.340 e. The average molecular weight is 395 g/mol. The lowest BCUT2D eigenvalue weighted by molar-refractivity contribution is 0.0527. The molecule has 0 aliphatic carbocycles. The van der Waals surface area contributed by atoms with Gasteiger partial charge in [0.05, 0.1) is 17.9 Å². The number of rotatable bonds is 4. The van der Waals surface area contributed by atoms with E-state index in [2.05, 4.69) is 27.9 Å². The maximum absolute atomic E-state index is 12.2. The van der Waals surface area contributed by atoms with Crippen LogP contribution in [0.2, 0.25) is 0 Å². The lowest BCUT2D eigenvalue weighted by Crippen LogP contribution is -2.16. The molecule has 108 valence electrons. The fourth-order valence-corrected chi connectivity index (χ4v) is 2.35. The molecule has 1 N–H and O–H groups in total. The Morgan fingerprint density at radius 1 is 1.14 bits per heavy atom. The van der Waals surface area contributed by atoms with Crippen molar-refractivity contribution in [3.05, 3.63) is 63.2 Å². The zero-order valence-corrected chi connectivity index (χ0v) is 13.6. The van der Waals surface area contributed by atoms with E-state index in [1.165, 1.54) is 0 Å². The topological polar surface area (TPSA) is 55.4 Å².